The minimum Gasteiger partial charge on any atom is -0.372 e. The van der Waals surface area contributed by atoms with Crippen LogP contribution in [0.15, 0.2) is 0 Å². The smallest absolute Gasteiger partial charge is 0.245 e. The molecule has 0 fully saturated rings. The number of hydrogen-bond acceptors (Lipinski definition) is 5. The summed E-state index contributed by atoms with van der Waals surface area (Å²) < 4.78 is 4.19. The number of likely N-dealkylation sites (N-methyl/N-ethyl adjacent to an activating group) is 1. The van der Waals surface area contributed by atoms with Gasteiger partial charge in [0.15, 0.2) is 0 Å². The topological polar surface area (TPSA) is 71.2 Å². The summed E-state index contributed by atoms with van der Waals surface area (Å²) in [5, 5.41) is 4.05. The van der Waals surface area contributed by atoms with E-state index in [0.29, 0.717) is 6.54 Å². The van der Waals surface area contributed by atoms with Crippen LogP contribution in [0.1, 0.15) is 5.69 Å². The number of fused-ring (bicyclic) bond motifs is 1. The average molecular weight is 212 g/mol. The predicted octanol–water partition coefficient (Wildman–Crippen LogP) is 0.167. The van der Waals surface area contributed by atoms with Crippen molar-refractivity contribution in [2.45, 2.75) is 13.0 Å². The van der Waals surface area contributed by atoms with Crippen LogP contribution >= 0.6 is 11.5 Å². The number of rotatable bonds is 0. The fourth-order valence-corrected chi connectivity index (χ4v) is 2.36. The van der Waals surface area contributed by atoms with Gasteiger partial charge in [-0.2, -0.15) is 4.37 Å². The second-order valence-electron chi connectivity index (χ2n) is 3.33. The summed E-state index contributed by atoms with van der Waals surface area (Å²) in [4.78, 5) is 13.3. The van der Waals surface area contributed by atoms with Crippen LogP contribution in [0.2, 0.25) is 0 Å². The number of carbonyl (C=O) groups excluding carboxylic acids is 1. The SMILES string of the molecule is Cc1nsc2c1N(C)C(=O)C(N)CN2. The molecule has 1 aromatic rings. The summed E-state index contributed by atoms with van der Waals surface area (Å²) in [5.74, 6) is -0.0699. The minimum atomic E-state index is -0.473. The fourth-order valence-electron chi connectivity index (χ4n) is 1.52. The summed E-state index contributed by atoms with van der Waals surface area (Å²) in [5.41, 5.74) is 7.41. The zero-order valence-electron chi connectivity index (χ0n) is 8.07. The van der Waals surface area contributed by atoms with Gasteiger partial charge in [0, 0.05) is 13.6 Å². The lowest BCUT2D eigenvalue weighted by atomic mass is 10.3. The summed E-state index contributed by atoms with van der Waals surface area (Å²) in [6, 6.07) is -0.473. The minimum absolute atomic E-state index is 0.0699. The first-order chi connectivity index (χ1) is 6.61. The normalized spacial score (nSPS) is 21.5. The molecule has 0 bridgehead atoms. The molecule has 1 amide bonds. The molecule has 1 unspecified atom stereocenters. The van der Waals surface area contributed by atoms with Gasteiger partial charge in [-0.3, -0.25) is 4.79 Å². The molecule has 0 spiro atoms. The Hall–Kier alpha value is -1.14. The van der Waals surface area contributed by atoms with Crippen molar-refractivity contribution in [2.75, 3.05) is 23.8 Å². The number of anilines is 2. The van der Waals surface area contributed by atoms with E-state index in [1.165, 1.54) is 11.5 Å². The fraction of sp³-hybridized carbons (Fsp3) is 0.500. The van der Waals surface area contributed by atoms with Crippen molar-refractivity contribution in [1.29, 1.82) is 0 Å². The number of nitrogens with two attached hydrogens (primary N) is 1. The van der Waals surface area contributed by atoms with E-state index < -0.39 is 6.04 Å². The highest BCUT2D eigenvalue weighted by Crippen LogP contribution is 2.34. The van der Waals surface area contributed by atoms with Gasteiger partial charge >= 0.3 is 0 Å². The van der Waals surface area contributed by atoms with Crippen molar-refractivity contribution in [1.82, 2.24) is 4.37 Å². The molecular weight excluding hydrogens is 200 g/mol. The van der Waals surface area contributed by atoms with E-state index in [1.54, 1.807) is 11.9 Å². The first kappa shape index (κ1) is 9.42. The Labute approximate surface area is 86.1 Å². The Bertz CT molecular complexity index is 375. The Kier molecular flexibility index (Phi) is 2.16. The zero-order valence-corrected chi connectivity index (χ0v) is 8.89. The third kappa shape index (κ3) is 1.27. The van der Waals surface area contributed by atoms with Gasteiger partial charge in [0.1, 0.15) is 16.7 Å². The highest BCUT2D eigenvalue weighted by molar-refractivity contribution is 7.11. The van der Waals surface area contributed by atoms with Crippen molar-refractivity contribution in [2.24, 2.45) is 5.73 Å². The van der Waals surface area contributed by atoms with Gasteiger partial charge in [0.2, 0.25) is 5.91 Å². The van der Waals surface area contributed by atoms with Gasteiger partial charge in [-0.1, -0.05) is 0 Å². The number of amides is 1. The molecule has 0 aliphatic carbocycles. The highest BCUT2D eigenvalue weighted by atomic mass is 32.1. The maximum Gasteiger partial charge on any atom is 0.245 e. The molecule has 6 heteroatoms. The van der Waals surface area contributed by atoms with Gasteiger partial charge in [0.25, 0.3) is 0 Å². The lowest BCUT2D eigenvalue weighted by Crippen LogP contribution is -2.43. The lowest BCUT2D eigenvalue weighted by Gasteiger charge is -2.16. The molecule has 1 aliphatic rings. The quantitative estimate of drug-likeness (QED) is 0.643. The number of nitrogens with one attached hydrogen (secondary N) is 1. The second-order valence-corrected chi connectivity index (χ2v) is 4.10. The number of hydrogen-bond donors (Lipinski definition) is 2. The Morgan fingerprint density at radius 1 is 1.71 bits per heavy atom. The Balaban J connectivity index is 2.47. The van der Waals surface area contributed by atoms with Gasteiger partial charge in [-0.25, -0.2) is 0 Å². The van der Waals surface area contributed by atoms with E-state index in [2.05, 4.69) is 9.69 Å². The number of aryl methyl sites for hydroxylation is 1. The molecule has 1 aromatic heterocycles. The molecule has 1 atom stereocenters. The second kappa shape index (κ2) is 3.21. The number of carbonyl (C=O) groups is 1. The van der Waals surface area contributed by atoms with Crippen LogP contribution in [-0.2, 0) is 4.79 Å². The van der Waals surface area contributed by atoms with E-state index in [9.17, 15) is 4.79 Å². The van der Waals surface area contributed by atoms with Gasteiger partial charge in [-0.15, -0.1) is 0 Å². The van der Waals surface area contributed by atoms with E-state index in [4.69, 9.17) is 5.73 Å². The van der Waals surface area contributed by atoms with Crippen LogP contribution in [0.5, 0.6) is 0 Å². The molecule has 0 saturated heterocycles. The largest absolute Gasteiger partial charge is 0.372 e. The van der Waals surface area contributed by atoms with E-state index >= 15 is 0 Å². The Morgan fingerprint density at radius 3 is 3.14 bits per heavy atom. The summed E-state index contributed by atoms with van der Waals surface area (Å²) in [7, 11) is 1.73. The lowest BCUT2D eigenvalue weighted by molar-refractivity contribution is -0.119. The van der Waals surface area contributed by atoms with Crippen LogP contribution < -0.4 is 16.0 Å². The van der Waals surface area contributed by atoms with Crippen LogP contribution in [0.4, 0.5) is 10.7 Å². The Morgan fingerprint density at radius 2 is 2.43 bits per heavy atom. The average Bonchev–Trinajstić information content (AvgIpc) is 2.49. The standard InChI is InChI=1S/C8H12N4OS/c1-4-6-7(14-11-4)10-3-5(9)8(13)12(6)2/h5,10H,3,9H2,1-2H3. The molecule has 5 nitrogen and oxygen atoms in total. The summed E-state index contributed by atoms with van der Waals surface area (Å²) in [6.07, 6.45) is 0. The van der Waals surface area contributed by atoms with Crippen LogP contribution in [0, 0.1) is 6.92 Å². The maximum atomic E-state index is 11.7. The first-order valence-electron chi connectivity index (χ1n) is 4.34. The highest BCUT2D eigenvalue weighted by Gasteiger charge is 2.27. The molecule has 2 heterocycles. The van der Waals surface area contributed by atoms with E-state index in [1.807, 2.05) is 6.92 Å². The monoisotopic (exact) mass is 212 g/mol. The van der Waals surface area contributed by atoms with Crippen LogP contribution in [0.25, 0.3) is 0 Å². The zero-order chi connectivity index (χ0) is 10.3. The summed E-state index contributed by atoms with van der Waals surface area (Å²) >= 11 is 1.36. The molecule has 0 aromatic carbocycles. The van der Waals surface area contributed by atoms with Gasteiger partial charge in [0.05, 0.1) is 5.69 Å². The maximum absolute atomic E-state index is 11.7. The van der Waals surface area contributed by atoms with Crippen molar-refractivity contribution in [3.63, 3.8) is 0 Å². The third-order valence-electron chi connectivity index (χ3n) is 2.30. The number of aromatic nitrogens is 1. The van der Waals surface area contributed by atoms with Crippen molar-refractivity contribution < 1.29 is 4.79 Å². The number of nitrogens with zero attached hydrogens (tertiary/aromatic N) is 2. The van der Waals surface area contributed by atoms with E-state index in [0.717, 1.165) is 16.4 Å². The molecule has 2 rings (SSSR count). The molecule has 0 radical (unpaired) electrons. The van der Waals surface area contributed by atoms with Crippen molar-refractivity contribution >= 4 is 28.1 Å². The first-order valence-corrected chi connectivity index (χ1v) is 5.12. The van der Waals surface area contributed by atoms with Crippen LogP contribution in [-0.4, -0.2) is 29.9 Å². The van der Waals surface area contributed by atoms with E-state index in [-0.39, 0.29) is 5.91 Å². The van der Waals surface area contributed by atoms with Gasteiger partial charge < -0.3 is 16.0 Å². The molecule has 3 N–H and O–H groups in total. The molecule has 0 saturated carbocycles. The molecule has 14 heavy (non-hydrogen) atoms. The molecule has 1 aliphatic heterocycles. The molecular formula is C8H12N4OS. The summed E-state index contributed by atoms with van der Waals surface area (Å²) in [6.45, 7) is 2.36. The molecule has 76 valence electrons. The van der Waals surface area contributed by atoms with Crippen molar-refractivity contribution in [3.05, 3.63) is 5.69 Å². The predicted molar refractivity (Wildman–Crippen MR) is 56.7 cm³/mol. The third-order valence-corrected chi connectivity index (χ3v) is 3.18. The van der Waals surface area contributed by atoms with Gasteiger partial charge in [-0.05, 0) is 18.5 Å². The van der Waals surface area contributed by atoms with Crippen molar-refractivity contribution in [3.8, 4) is 0 Å². The van der Waals surface area contributed by atoms with Crippen LogP contribution in [0.3, 0.4) is 0 Å².